The first-order valence-electron chi connectivity index (χ1n) is 10.7. The quantitative estimate of drug-likeness (QED) is 0.344. The van der Waals surface area contributed by atoms with Gasteiger partial charge >= 0.3 is 0 Å². The third-order valence-corrected chi connectivity index (χ3v) is 5.76. The van der Waals surface area contributed by atoms with E-state index in [-0.39, 0.29) is 35.0 Å². The Morgan fingerprint density at radius 2 is 1.89 bits per heavy atom. The van der Waals surface area contributed by atoms with Gasteiger partial charge in [0, 0.05) is 43.9 Å². The highest BCUT2D eigenvalue weighted by Crippen LogP contribution is 2.35. The number of benzene rings is 2. The number of hydrogen-bond acceptors (Lipinski definition) is 6. The number of aryl methyl sites for hydroxylation is 2. The maximum atomic E-state index is 15.0. The number of carbonyl (C=O) groups excluding carboxylic acids is 1. The van der Waals surface area contributed by atoms with Crippen LogP contribution >= 0.6 is 0 Å². The summed E-state index contributed by atoms with van der Waals surface area (Å²) in [6, 6.07) is 7.15. The van der Waals surface area contributed by atoms with E-state index in [1.807, 2.05) is 0 Å². The minimum Gasteiger partial charge on any atom is -0.496 e. The maximum Gasteiger partial charge on any atom is 0.185 e. The number of ketones is 1. The van der Waals surface area contributed by atoms with Crippen molar-refractivity contribution in [3.05, 3.63) is 78.0 Å². The van der Waals surface area contributed by atoms with E-state index in [2.05, 4.69) is 20.2 Å². The molecule has 0 amide bonds. The molecule has 0 aliphatic heterocycles. The van der Waals surface area contributed by atoms with Gasteiger partial charge in [0.1, 0.15) is 28.6 Å². The van der Waals surface area contributed by atoms with E-state index in [0.29, 0.717) is 22.0 Å². The molecule has 0 aliphatic carbocycles. The Morgan fingerprint density at radius 1 is 1.06 bits per heavy atom. The number of rotatable bonds is 6. The van der Waals surface area contributed by atoms with Crippen molar-refractivity contribution >= 4 is 16.7 Å². The van der Waals surface area contributed by atoms with Gasteiger partial charge in [0.05, 0.1) is 25.1 Å². The van der Waals surface area contributed by atoms with Gasteiger partial charge in [-0.15, -0.1) is 0 Å². The molecule has 8 nitrogen and oxygen atoms in total. The van der Waals surface area contributed by atoms with Crippen LogP contribution in [0.25, 0.3) is 33.4 Å². The van der Waals surface area contributed by atoms with Crippen molar-refractivity contribution in [1.82, 2.24) is 29.5 Å². The number of halogens is 2. The van der Waals surface area contributed by atoms with Gasteiger partial charge in [0.15, 0.2) is 11.6 Å². The Labute approximate surface area is 198 Å². The summed E-state index contributed by atoms with van der Waals surface area (Å²) in [6.07, 6.45) is 6.26. The van der Waals surface area contributed by atoms with Crippen LogP contribution in [0.3, 0.4) is 0 Å². The minimum absolute atomic E-state index is 0.0205. The lowest BCUT2D eigenvalue weighted by Gasteiger charge is -2.12. The second-order valence-electron chi connectivity index (χ2n) is 8.01. The van der Waals surface area contributed by atoms with Crippen LogP contribution in [0.15, 0.2) is 55.1 Å². The lowest BCUT2D eigenvalue weighted by Crippen LogP contribution is -2.09. The van der Waals surface area contributed by atoms with Gasteiger partial charge in [-0.1, -0.05) is 6.07 Å². The molecule has 2 aromatic carbocycles. The zero-order chi connectivity index (χ0) is 24.7. The lowest BCUT2D eigenvalue weighted by molar-refractivity contribution is 0.0988. The Kier molecular flexibility index (Phi) is 5.56. The van der Waals surface area contributed by atoms with Crippen molar-refractivity contribution in [1.29, 1.82) is 0 Å². The predicted octanol–water partition coefficient (Wildman–Crippen LogP) is 4.14. The third-order valence-electron chi connectivity index (χ3n) is 5.76. The number of Topliss-reactive ketones (excluding diaryl/α,β-unsaturated/α-hetero) is 1. The molecule has 0 N–H and O–H groups in total. The molecule has 0 radical (unpaired) electrons. The van der Waals surface area contributed by atoms with Crippen LogP contribution in [-0.2, 0) is 20.5 Å². The van der Waals surface area contributed by atoms with Crippen molar-refractivity contribution < 1.29 is 18.3 Å². The molecule has 0 unspecified atom stereocenters. The van der Waals surface area contributed by atoms with Crippen LogP contribution in [0.5, 0.6) is 5.75 Å². The summed E-state index contributed by atoms with van der Waals surface area (Å²) in [5.74, 6) is -1.17. The molecule has 0 fully saturated rings. The highest BCUT2D eigenvalue weighted by atomic mass is 19.1. The first kappa shape index (κ1) is 22.3. The highest BCUT2D eigenvalue weighted by molar-refractivity contribution is 6.01. The molecule has 0 saturated heterocycles. The monoisotopic (exact) mass is 474 g/mol. The molecule has 35 heavy (non-hydrogen) atoms. The van der Waals surface area contributed by atoms with Crippen LogP contribution < -0.4 is 4.74 Å². The van der Waals surface area contributed by atoms with Crippen LogP contribution in [0.2, 0.25) is 0 Å². The summed E-state index contributed by atoms with van der Waals surface area (Å²) >= 11 is 0. The van der Waals surface area contributed by atoms with E-state index in [4.69, 9.17) is 4.74 Å². The molecular formula is C25H20F2N6O2. The normalized spacial score (nSPS) is 11.2. The first-order chi connectivity index (χ1) is 16.9. The molecule has 0 atom stereocenters. The van der Waals surface area contributed by atoms with E-state index in [1.165, 1.54) is 42.3 Å². The number of aromatic nitrogens is 6. The largest absolute Gasteiger partial charge is 0.496 e. The number of fused-ring (bicyclic) bond motifs is 1. The van der Waals surface area contributed by atoms with E-state index >= 15 is 4.39 Å². The molecule has 10 heteroatoms. The molecule has 0 aliphatic rings. The maximum absolute atomic E-state index is 15.0. The molecule has 0 spiro atoms. The number of methoxy groups -OCH3 is 1. The zero-order valence-corrected chi connectivity index (χ0v) is 19.2. The van der Waals surface area contributed by atoms with Gasteiger partial charge in [-0.3, -0.25) is 14.2 Å². The molecule has 5 aromatic rings. The minimum atomic E-state index is -0.572. The fraction of sp³-hybridized carbons (Fsp3) is 0.160. The molecule has 3 aromatic heterocycles. The average molecular weight is 474 g/mol. The first-order valence-corrected chi connectivity index (χ1v) is 10.7. The number of nitrogens with zero attached hydrogens (tertiary/aromatic N) is 6. The van der Waals surface area contributed by atoms with Gasteiger partial charge in [-0.05, 0) is 35.4 Å². The van der Waals surface area contributed by atoms with Gasteiger partial charge in [-0.25, -0.2) is 18.7 Å². The smallest absolute Gasteiger partial charge is 0.185 e. The van der Waals surface area contributed by atoms with E-state index < -0.39 is 11.6 Å². The predicted molar refractivity (Wildman–Crippen MR) is 125 cm³/mol. The fourth-order valence-electron chi connectivity index (χ4n) is 4.19. The van der Waals surface area contributed by atoms with E-state index in [9.17, 15) is 9.18 Å². The Bertz CT molecular complexity index is 1590. The summed E-state index contributed by atoms with van der Waals surface area (Å²) < 4.78 is 37.9. The Morgan fingerprint density at radius 3 is 2.63 bits per heavy atom. The van der Waals surface area contributed by atoms with Crippen molar-refractivity contribution in [2.75, 3.05) is 7.11 Å². The summed E-state index contributed by atoms with van der Waals surface area (Å²) in [6.45, 7) is 0. The van der Waals surface area contributed by atoms with Crippen LogP contribution in [0.1, 0.15) is 16.1 Å². The average Bonchev–Trinajstić information content (AvgIpc) is 3.45. The van der Waals surface area contributed by atoms with Crippen molar-refractivity contribution in [2.24, 2.45) is 14.1 Å². The van der Waals surface area contributed by atoms with Crippen molar-refractivity contribution in [3.8, 4) is 28.3 Å². The summed E-state index contributed by atoms with van der Waals surface area (Å²) in [4.78, 5) is 21.7. The second-order valence-corrected chi connectivity index (χ2v) is 8.01. The van der Waals surface area contributed by atoms with Gasteiger partial charge in [0.25, 0.3) is 0 Å². The Balaban J connectivity index is 1.58. The zero-order valence-electron chi connectivity index (χ0n) is 19.2. The van der Waals surface area contributed by atoms with Gasteiger partial charge in [0.2, 0.25) is 0 Å². The van der Waals surface area contributed by atoms with Crippen molar-refractivity contribution in [3.63, 3.8) is 0 Å². The third kappa shape index (κ3) is 3.92. The summed E-state index contributed by atoms with van der Waals surface area (Å²) in [5.41, 5.74) is 2.32. The van der Waals surface area contributed by atoms with E-state index in [0.717, 1.165) is 5.56 Å². The molecule has 176 valence electrons. The fourth-order valence-corrected chi connectivity index (χ4v) is 4.19. The van der Waals surface area contributed by atoms with Crippen LogP contribution in [0, 0.1) is 11.6 Å². The summed E-state index contributed by atoms with van der Waals surface area (Å²) in [7, 11) is 4.84. The Hall–Kier alpha value is -4.47. The second kappa shape index (κ2) is 8.71. The molecule has 0 saturated carbocycles. The molecule has 3 heterocycles. The standard InChI is InChI=1S/C25H20F2N6O2/c1-32-13-15(11-29-32)22-14(9-18(27)24-16(22)12-30-33(24)2)10-20(34)19-7-8-28-25(31-19)23-17(26)5-4-6-21(23)35-3/h4-9,11-13H,10H2,1-3H3. The number of carbonyl (C=O) groups is 1. The SMILES string of the molecule is COc1cccc(F)c1-c1nccc(C(=O)Cc2cc(F)c3c(cnn3C)c2-c2cnn(C)c2)n1. The lowest BCUT2D eigenvalue weighted by atomic mass is 9.94. The number of hydrogen-bond donors (Lipinski definition) is 0. The topological polar surface area (TPSA) is 87.7 Å². The highest BCUT2D eigenvalue weighted by Gasteiger charge is 2.22. The van der Waals surface area contributed by atoms with Gasteiger partial charge < -0.3 is 4.74 Å². The van der Waals surface area contributed by atoms with E-state index in [1.54, 1.807) is 43.4 Å². The van der Waals surface area contributed by atoms with Gasteiger partial charge in [-0.2, -0.15) is 10.2 Å². The summed E-state index contributed by atoms with van der Waals surface area (Å²) in [5, 5.41) is 8.99. The molecule has 0 bridgehead atoms. The van der Waals surface area contributed by atoms with Crippen molar-refractivity contribution in [2.45, 2.75) is 6.42 Å². The molecular weight excluding hydrogens is 454 g/mol. The van der Waals surface area contributed by atoms with Crippen LogP contribution in [-0.4, -0.2) is 42.4 Å². The number of ether oxygens (including phenoxy) is 1. The van der Waals surface area contributed by atoms with Crippen LogP contribution in [0.4, 0.5) is 8.78 Å². The molecule has 5 rings (SSSR count).